The Morgan fingerprint density at radius 3 is 2.38 bits per heavy atom. The van der Waals surface area contributed by atoms with Crippen molar-refractivity contribution in [2.75, 3.05) is 44.2 Å². The molecule has 1 aromatic rings. The number of hydrogen-bond acceptors (Lipinski definition) is 3. The van der Waals surface area contributed by atoms with Crippen molar-refractivity contribution in [1.82, 2.24) is 9.80 Å². The molecule has 3 aliphatic heterocycles. The van der Waals surface area contributed by atoms with Gasteiger partial charge in [0.25, 0.3) is 5.91 Å². The molecule has 4 rings (SSSR count). The number of amides is 2. The summed E-state index contributed by atoms with van der Waals surface area (Å²) in [5.74, 6) is 0.132. The molecule has 0 bridgehead atoms. The Labute approximate surface area is 155 Å². The minimum Gasteiger partial charge on any atom is -0.371 e. The number of carbonyl (C=O) groups is 2. The highest BCUT2D eigenvalue weighted by molar-refractivity contribution is 6.00. The van der Waals surface area contributed by atoms with E-state index in [1.165, 1.54) is 25.3 Å². The van der Waals surface area contributed by atoms with E-state index in [2.05, 4.69) is 17.5 Å². The van der Waals surface area contributed by atoms with Gasteiger partial charge < -0.3 is 14.7 Å². The Bertz CT molecular complexity index is 718. The van der Waals surface area contributed by atoms with Crippen LogP contribution in [-0.4, -0.2) is 60.9 Å². The van der Waals surface area contributed by atoms with Crippen LogP contribution in [0, 0.1) is 5.41 Å². The van der Waals surface area contributed by atoms with E-state index in [9.17, 15) is 9.59 Å². The molecule has 0 aromatic heterocycles. The highest BCUT2D eigenvalue weighted by Crippen LogP contribution is 2.41. The van der Waals surface area contributed by atoms with Gasteiger partial charge >= 0.3 is 0 Å². The van der Waals surface area contributed by atoms with Gasteiger partial charge in [0.05, 0.1) is 5.56 Å². The van der Waals surface area contributed by atoms with Crippen LogP contribution in [0.15, 0.2) is 36.9 Å². The average Bonchev–Trinajstić information content (AvgIpc) is 3.12. The van der Waals surface area contributed by atoms with Gasteiger partial charge in [0, 0.05) is 50.4 Å². The molecule has 1 spiro atoms. The van der Waals surface area contributed by atoms with Crippen LogP contribution in [0.3, 0.4) is 0 Å². The predicted molar refractivity (Wildman–Crippen MR) is 102 cm³/mol. The van der Waals surface area contributed by atoms with Crippen molar-refractivity contribution in [3.05, 3.63) is 42.5 Å². The molecule has 0 atom stereocenters. The van der Waals surface area contributed by atoms with Gasteiger partial charge in [0.1, 0.15) is 0 Å². The summed E-state index contributed by atoms with van der Waals surface area (Å²) >= 11 is 0. The SMILES string of the molecule is C=CC(=O)N1CCC2(C1)CN(C(=O)c1ccccc1N1CCCCC1)C2. The Morgan fingerprint density at radius 1 is 0.962 bits per heavy atom. The molecule has 0 aliphatic carbocycles. The van der Waals surface area contributed by atoms with Crippen molar-refractivity contribution >= 4 is 17.5 Å². The van der Waals surface area contributed by atoms with E-state index in [1.54, 1.807) is 0 Å². The zero-order chi connectivity index (χ0) is 18.1. The minimum atomic E-state index is 0.00194. The molecular formula is C21H27N3O2. The van der Waals surface area contributed by atoms with Gasteiger partial charge in [-0.2, -0.15) is 0 Å². The fourth-order valence-electron chi connectivity index (χ4n) is 4.65. The van der Waals surface area contributed by atoms with Crippen LogP contribution in [0.25, 0.3) is 0 Å². The first-order valence-corrected chi connectivity index (χ1v) is 9.66. The fourth-order valence-corrected chi connectivity index (χ4v) is 4.65. The first-order valence-electron chi connectivity index (χ1n) is 9.66. The average molecular weight is 353 g/mol. The quantitative estimate of drug-likeness (QED) is 0.785. The Balaban J connectivity index is 1.44. The first kappa shape index (κ1) is 17.1. The lowest BCUT2D eigenvalue weighted by Crippen LogP contribution is -2.59. The molecule has 3 heterocycles. The Morgan fingerprint density at radius 2 is 1.65 bits per heavy atom. The number of anilines is 1. The van der Waals surface area contributed by atoms with Gasteiger partial charge in [-0.15, -0.1) is 0 Å². The first-order chi connectivity index (χ1) is 12.6. The van der Waals surface area contributed by atoms with Crippen LogP contribution in [0.4, 0.5) is 5.69 Å². The second kappa shape index (κ2) is 6.78. The van der Waals surface area contributed by atoms with E-state index in [-0.39, 0.29) is 17.2 Å². The largest absolute Gasteiger partial charge is 0.371 e. The van der Waals surface area contributed by atoms with E-state index >= 15 is 0 Å². The molecular weight excluding hydrogens is 326 g/mol. The second-order valence-corrected chi connectivity index (χ2v) is 7.94. The second-order valence-electron chi connectivity index (χ2n) is 7.94. The van der Waals surface area contributed by atoms with Crippen LogP contribution in [-0.2, 0) is 4.79 Å². The van der Waals surface area contributed by atoms with Gasteiger partial charge in [-0.25, -0.2) is 0 Å². The highest BCUT2D eigenvalue weighted by atomic mass is 16.2. The summed E-state index contributed by atoms with van der Waals surface area (Å²) in [6.45, 7) is 8.67. The van der Waals surface area contributed by atoms with Crippen LogP contribution >= 0.6 is 0 Å². The third-order valence-electron chi connectivity index (χ3n) is 6.10. The topological polar surface area (TPSA) is 43.9 Å². The third-order valence-corrected chi connectivity index (χ3v) is 6.10. The predicted octanol–water partition coefficient (Wildman–Crippen LogP) is 2.54. The monoisotopic (exact) mass is 353 g/mol. The van der Waals surface area contributed by atoms with E-state index in [1.807, 2.05) is 28.0 Å². The van der Waals surface area contributed by atoms with E-state index in [4.69, 9.17) is 0 Å². The maximum Gasteiger partial charge on any atom is 0.255 e. The molecule has 0 saturated carbocycles. The lowest BCUT2D eigenvalue weighted by molar-refractivity contribution is -0.125. The molecule has 5 nitrogen and oxygen atoms in total. The number of piperidine rings is 1. The summed E-state index contributed by atoms with van der Waals surface area (Å²) in [5, 5.41) is 0. The number of benzene rings is 1. The van der Waals surface area contributed by atoms with Crippen molar-refractivity contribution in [1.29, 1.82) is 0 Å². The van der Waals surface area contributed by atoms with Crippen molar-refractivity contribution in [2.45, 2.75) is 25.7 Å². The molecule has 3 saturated heterocycles. The molecule has 0 radical (unpaired) electrons. The van der Waals surface area contributed by atoms with Gasteiger partial charge in [0.15, 0.2) is 0 Å². The van der Waals surface area contributed by atoms with Gasteiger partial charge in [-0.1, -0.05) is 18.7 Å². The van der Waals surface area contributed by atoms with Crippen LogP contribution in [0.2, 0.25) is 0 Å². The van der Waals surface area contributed by atoms with Crippen molar-refractivity contribution in [3.63, 3.8) is 0 Å². The minimum absolute atomic E-state index is 0.00194. The number of nitrogens with zero attached hydrogens (tertiary/aromatic N) is 3. The van der Waals surface area contributed by atoms with Crippen molar-refractivity contribution in [3.8, 4) is 0 Å². The smallest absolute Gasteiger partial charge is 0.255 e. The lowest BCUT2D eigenvalue weighted by atomic mass is 9.78. The van der Waals surface area contributed by atoms with E-state index in [0.29, 0.717) is 0 Å². The highest BCUT2D eigenvalue weighted by Gasteiger charge is 2.50. The van der Waals surface area contributed by atoms with Gasteiger partial charge in [-0.3, -0.25) is 9.59 Å². The lowest BCUT2D eigenvalue weighted by Gasteiger charge is -2.48. The summed E-state index contributed by atoms with van der Waals surface area (Å²) in [6, 6.07) is 8.01. The van der Waals surface area contributed by atoms with E-state index < -0.39 is 0 Å². The van der Waals surface area contributed by atoms with Gasteiger partial charge in [0.2, 0.25) is 5.91 Å². The third kappa shape index (κ3) is 3.00. The van der Waals surface area contributed by atoms with Crippen molar-refractivity contribution < 1.29 is 9.59 Å². The number of carbonyl (C=O) groups excluding carboxylic acids is 2. The standard InChI is InChI=1S/C21H27N3O2/c1-2-19(25)23-13-10-21(14-23)15-24(16-21)20(26)17-8-4-5-9-18(17)22-11-6-3-7-12-22/h2,4-5,8-9H,1,3,6-7,10-16H2. The molecule has 1 aromatic carbocycles. The Kier molecular flexibility index (Phi) is 4.47. The molecule has 0 unspecified atom stereocenters. The summed E-state index contributed by atoms with van der Waals surface area (Å²) in [6.07, 6.45) is 6.03. The van der Waals surface area contributed by atoms with Gasteiger partial charge in [-0.05, 0) is 43.9 Å². The molecule has 138 valence electrons. The van der Waals surface area contributed by atoms with E-state index in [0.717, 1.165) is 56.9 Å². The summed E-state index contributed by atoms with van der Waals surface area (Å²) in [4.78, 5) is 31.1. The zero-order valence-electron chi connectivity index (χ0n) is 15.3. The molecule has 26 heavy (non-hydrogen) atoms. The molecule has 3 fully saturated rings. The number of likely N-dealkylation sites (tertiary alicyclic amines) is 2. The maximum atomic E-state index is 13.1. The maximum absolute atomic E-state index is 13.1. The Hall–Kier alpha value is -2.30. The molecule has 0 N–H and O–H groups in total. The molecule has 2 amide bonds. The molecule has 5 heteroatoms. The van der Waals surface area contributed by atoms with Crippen LogP contribution in [0.5, 0.6) is 0 Å². The number of para-hydroxylation sites is 1. The van der Waals surface area contributed by atoms with Crippen molar-refractivity contribution in [2.24, 2.45) is 5.41 Å². The normalized spacial score (nSPS) is 21.6. The fraction of sp³-hybridized carbons (Fsp3) is 0.524. The van der Waals surface area contributed by atoms with Crippen LogP contribution in [0.1, 0.15) is 36.0 Å². The number of hydrogen-bond donors (Lipinski definition) is 0. The zero-order valence-corrected chi connectivity index (χ0v) is 15.3. The summed E-state index contributed by atoms with van der Waals surface area (Å²) in [5.41, 5.74) is 1.99. The summed E-state index contributed by atoms with van der Waals surface area (Å²) in [7, 11) is 0. The molecule has 3 aliphatic rings. The summed E-state index contributed by atoms with van der Waals surface area (Å²) < 4.78 is 0. The van der Waals surface area contributed by atoms with Crippen LogP contribution < -0.4 is 4.90 Å². The number of rotatable bonds is 3.